The second-order valence-corrected chi connectivity index (χ2v) is 5.95. The van der Waals surface area contributed by atoms with Crippen LogP contribution in [0.15, 0.2) is 48.5 Å². The van der Waals surface area contributed by atoms with E-state index in [0.717, 1.165) is 11.3 Å². The number of urea groups is 1. The minimum absolute atomic E-state index is 0.302. The average molecular weight is 333 g/mol. The van der Waals surface area contributed by atoms with Gasteiger partial charge in [-0.2, -0.15) is 0 Å². The van der Waals surface area contributed by atoms with Crippen molar-refractivity contribution in [2.24, 2.45) is 0 Å². The first-order valence-electron chi connectivity index (χ1n) is 7.10. The number of para-hydroxylation sites is 1. The van der Waals surface area contributed by atoms with Crippen molar-refractivity contribution in [2.45, 2.75) is 19.8 Å². The fourth-order valence-corrected chi connectivity index (χ4v) is 2.46. The smallest absolute Gasteiger partial charge is 0.308 e. The van der Waals surface area contributed by atoms with E-state index >= 15 is 0 Å². The number of nitrogens with one attached hydrogen (secondary N) is 3. The Bertz CT molecular complexity index is 702. The van der Waals surface area contributed by atoms with Gasteiger partial charge < -0.3 is 10.6 Å². The Morgan fingerprint density at radius 1 is 1.00 bits per heavy atom. The van der Waals surface area contributed by atoms with Gasteiger partial charge in [0.15, 0.2) is 0 Å². The molecule has 0 spiro atoms. The average Bonchev–Trinajstić information content (AvgIpc) is 2.49. The zero-order chi connectivity index (χ0) is 16.8. The summed E-state index contributed by atoms with van der Waals surface area (Å²) in [5.41, 5.74) is 2.90. The molecular formula is C16H19N3O3S. The van der Waals surface area contributed by atoms with Crippen LogP contribution < -0.4 is 15.4 Å². The molecule has 2 aromatic rings. The molecule has 2 amide bonds. The van der Waals surface area contributed by atoms with E-state index in [4.69, 9.17) is 4.55 Å². The summed E-state index contributed by atoms with van der Waals surface area (Å²) in [7, 11) is 0. The number of benzene rings is 2. The van der Waals surface area contributed by atoms with E-state index in [1.807, 2.05) is 24.3 Å². The number of hydrogen-bond donors (Lipinski definition) is 4. The van der Waals surface area contributed by atoms with E-state index in [-0.39, 0.29) is 6.03 Å². The summed E-state index contributed by atoms with van der Waals surface area (Å²) in [5.74, 6) is 0.302. The summed E-state index contributed by atoms with van der Waals surface area (Å²) < 4.78 is 21.7. The Kier molecular flexibility index (Phi) is 5.72. The summed E-state index contributed by atoms with van der Waals surface area (Å²) in [6, 6.07) is 13.8. The maximum atomic E-state index is 12.1. The van der Waals surface area contributed by atoms with E-state index in [9.17, 15) is 9.00 Å². The molecule has 1 atom stereocenters. The molecule has 0 fully saturated rings. The first kappa shape index (κ1) is 17.0. The van der Waals surface area contributed by atoms with Crippen molar-refractivity contribution < 1.29 is 13.6 Å². The molecule has 0 saturated carbocycles. The van der Waals surface area contributed by atoms with Gasteiger partial charge >= 0.3 is 6.03 Å². The summed E-state index contributed by atoms with van der Waals surface area (Å²) >= 11 is -2.12. The number of carbonyl (C=O) groups is 1. The van der Waals surface area contributed by atoms with Gasteiger partial charge in [0.05, 0.1) is 0 Å². The lowest BCUT2D eigenvalue weighted by Gasteiger charge is -2.14. The lowest BCUT2D eigenvalue weighted by atomic mass is 10.0. The Balaban J connectivity index is 2.01. The lowest BCUT2D eigenvalue weighted by Crippen LogP contribution is -2.20. The first-order chi connectivity index (χ1) is 11.0. The second kappa shape index (κ2) is 7.75. The molecule has 2 aromatic carbocycles. The number of rotatable bonds is 5. The molecule has 0 aromatic heterocycles. The van der Waals surface area contributed by atoms with Gasteiger partial charge in [-0.15, -0.1) is 0 Å². The number of hydrogen-bond acceptors (Lipinski definition) is 2. The van der Waals surface area contributed by atoms with Crippen LogP contribution in [0.4, 0.5) is 21.9 Å². The Morgan fingerprint density at radius 2 is 1.61 bits per heavy atom. The Labute approximate surface area is 137 Å². The second-order valence-electron chi connectivity index (χ2n) is 5.25. The Hall–Kier alpha value is -2.38. The quantitative estimate of drug-likeness (QED) is 0.623. The van der Waals surface area contributed by atoms with Crippen LogP contribution in [0, 0.1) is 0 Å². The van der Waals surface area contributed by atoms with Gasteiger partial charge in [-0.1, -0.05) is 32.0 Å². The highest BCUT2D eigenvalue weighted by Crippen LogP contribution is 2.24. The van der Waals surface area contributed by atoms with Crippen LogP contribution in [0.5, 0.6) is 0 Å². The first-order valence-corrected chi connectivity index (χ1v) is 8.21. The van der Waals surface area contributed by atoms with Gasteiger partial charge in [0, 0.05) is 17.1 Å². The largest absolute Gasteiger partial charge is 0.323 e. The van der Waals surface area contributed by atoms with Gasteiger partial charge in [0.2, 0.25) is 0 Å². The molecule has 23 heavy (non-hydrogen) atoms. The Morgan fingerprint density at radius 3 is 2.22 bits per heavy atom. The lowest BCUT2D eigenvalue weighted by molar-refractivity contribution is 0.262. The maximum absolute atomic E-state index is 12.1. The van der Waals surface area contributed by atoms with Crippen molar-refractivity contribution in [3.63, 3.8) is 0 Å². The molecule has 0 bridgehead atoms. The van der Waals surface area contributed by atoms with Crippen molar-refractivity contribution in [2.75, 3.05) is 15.4 Å². The molecule has 0 saturated heterocycles. The molecule has 0 aliphatic heterocycles. The van der Waals surface area contributed by atoms with Gasteiger partial charge in [0.25, 0.3) is 11.3 Å². The van der Waals surface area contributed by atoms with Crippen LogP contribution in [0.1, 0.15) is 25.3 Å². The fraction of sp³-hybridized carbons (Fsp3) is 0.188. The van der Waals surface area contributed by atoms with Crippen LogP contribution in [0.2, 0.25) is 0 Å². The molecule has 0 radical (unpaired) electrons. The van der Waals surface area contributed by atoms with Gasteiger partial charge in [-0.05, 0) is 41.8 Å². The zero-order valence-corrected chi connectivity index (χ0v) is 13.7. The molecular weight excluding hydrogens is 314 g/mol. The topological polar surface area (TPSA) is 90.5 Å². The van der Waals surface area contributed by atoms with E-state index in [0.29, 0.717) is 17.3 Å². The number of anilines is 3. The third kappa shape index (κ3) is 5.08. The standard InChI is InChI=1S/C16H19N3O3S/c1-11(2)14-5-3-4-6-15(14)18-16(20)17-12-7-9-13(10-8-12)19-23(21)22/h3-11,19H,1-2H3,(H,21,22)(H2,17,18,20). The highest BCUT2D eigenvalue weighted by molar-refractivity contribution is 7.80. The maximum Gasteiger partial charge on any atom is 0.323 e. The summed E-state index contributed by atoms with van der Waals surface area (Å²) in [6.45, 7) is 4.13. The van der Waals surface area contributed by atoms with Crippen LogP contribution in [-0.2, 0) is 11.3 Å². The molecule has 7 heteroatoms. The number of amides is 2. The SMILES string of the molecule is CC(C)c1ccccc1NC(=O)Nc1ccc(NS(=O)O)cc1. The van der Waals surface area contributed by atoms with Crippen LogP contribution in [-0.4, -0.2) is 14.8 Å². The van der Waals surface area contributed by atoms with Crippen LogP contribution in [0.25, 0.3) is 0 Å². The molecule has 1 unspecified atom stereocenters. The van der Waals surface area contributed by atoms with Crippen molar-refractivity contribution in [1.82, 2.24) is 0 Å². The van der Waals surface area contributed by atoms with Crippen LogP contribution >= 0.6 is 0 Å². The van der Waals surface area contributed by atoms with E-state index in [1.165, 1.54) is 0 Å². The van der Waals surface area contributed by atoms with Gasteiger partial charge in [0.1, 0.15) is 0 Å². The van der Waals surface area contributed by atoms with E-state index in [1.54, 1.807) is 24.3 Å². The molecule has 0 heterocycles. The molecule has 4 N–H and O–H groups in total. The normalized spacial score (nSPS) is 11.8. The summed E-state index contributed by atoms with van der Waals surface area (Å²) in [6.07, 6.45) is 0. The minimum atomic E-state index is -2.12. The van der Waals surface area contributed by atoms with Crippen LogP contribution in [0.3, 0.4) is 0 Å². The highest BCUT2D eigenvalue weighted by atomic mass is 32.2. The van der Waals surface area contributed by atoms with Crippen molar-refractivity contribution in [1.29, 1.82) is 0 Å². The van der Waals surface area contributed by atoms with E-state index in [2.05, 4.69) is 29.2 Å². The summed E-state index contributed by atoms with van der Waals surface area (Å²) in [4.78, 5) is 12.1. The van der Waals surface area contributed by atoms with E-state index < -0.39 is 11.3 Å². The van der Waals surface area contributed by atoms with Crippen molar-refractivity contribution >= 4 is 34.4 Å². The van der Waals surface area contributed by atoms with Gasteiger partial charge in [-0.3, -0.25) is 9.27 Å². The highest BCUT2D eigenvalue weighted by Gasteiger charge is 2.09. The van der Waals surface area contributed by atoms with Crippen molar-refractivity contribution in [3.05, 3.63) is 54.1 Å². The third-order valence-corrected chi connectivity index (χ3v) is 3.59. The third-order valence-electron chi connectivity index (χ3n) is 3.18. The van der Waals surface area contributed by atoms with Gasteiger partial charge in [-0.25, -0.2) is 9.00 Å². The molecule has 0 aliphatic carbocycles. The molecule has 0 aliphatic rings. The fourth-order valence-electron chi connectivity index (χ4n) is 2.12. The monoisotopic (exact) mass is 333 g/mol. The molecule has 122 valence electrons. The summed E-state index contributed by atoms with van der Waals surface area (Å²) in [5, 5.41) is 5.55. The number of carbonyl (C=O) groups excluding carboxylic acids is 1. The van der Waals surface area contributed by atoms with Crippen molar-refractivity contribution in [3.8, 4) is 0 Å². The molecule has 6 nitrogen and oxygen atoms in total. The predicted molar refractivity (Wildman–Crippen MR) is 94.0 cm³/mol. The predicted octanol–water partition coefficient (Wildman–Crippen LogP) is 4.00. The molecule has 2 rings (SSSR count). The minimum Gasteiger partial charge on any atom is -0.308 e. The zero-order valence-electron chi connectivity index (χ0n) is 12.9.